The highest BCUT2D eigenvalue weighted by Gasteiger charge is 2.29. The van der Waals surface area contributed by atoms with E-state index in [0.717, 1.165) is 5.56 Å². The Bertz CT molecular complexity index is 465. The highest BCUT2D eigenvalue weighted by Crippen LogP contribution is 2.22. The van der Waals surface area contributed by atoms with E-state index in [2.05, 4.69) is 5.32 Å². The van der Waals surface area contributed by atoms with Crippen LogP contribution >= 0.6 is 11.6 Å². The van der Waals surface area contributed by atoms with Gasteiger partial charge in [0.1, 0.15) is 6.54 Å². The second-order valence-electron chi connectivity index (χ2n) is 4.46. The Kier molecular flexibility index (Phi) is 5.83. The van der Waals surface area contributed by atoms with Gasteiger partial charge in [0.25, 0.3) is 0 Å². The lowest BCUT2D eigenvalue weighted by molar-refractivity contribution is -0.139. The number of hydrogen-bond acceptors (Lipinski definition) is 2. The Morgan fingerprint density at radius 2 is 1.90 bits per heavy atom. The summed E-state index contributed by atoms with van der Waals surface area (Å²) in [7, 11) is 0. The largest absolute Gasteiger partial charge is 0.405 e. The minimum Gasteiger partial charge on any atom is -0.346 e. The molecule has 3 nitrogen and oxygen atoms in total. The molecule has 1 rings (SSSR count). The van der Waals surface area contributed by atoms with E-state index in [1.54, 1.807) is 31.2 Å². The number of benzene rings is 1. The Labute approximate surface area is 120 Å². The average molecular weight is 309 g/mol. The van der Waals surface area contributed by atoms with Gasteiger partial charge in [0, 0.05) is 11.1 Å². The maximum Gasteiger partial charge on any atom is 0.405 e. The molecule has 1 amide bonds. The summed E-state index contributed by atoms with van der Waals surface area (Å²) in [5, 5.41) is 5.28. The summed E-state index contributed by atoms with van der Waals surface area (Å²) in [5.41, 5.74) is 0.782. The molecule has 2 atom stereocenters. The molecule has 0 aromatic heterocycles. The minimum atomic E-state index is -4.41. The van der Waals surface area contributed by atoms with Crippen molar-refractivity contribution in [3.8, 4) is 0 Å². The van der Waals surface area contributed by atoms with Crippen molar-refractivity contribution in [1.82, 2.24) is 10.6 Å². The number of rotatable bonds is 5. The molecule has 1 aromatic rings. The van der Waals surface area contributed by atoms with E-state index < -0.39 is 24.7 Å². The first-order chi connectivity index (χ1) is 9.20. The standard InChI is InChI=1S/C13H16ClF3N2O/c1-8(10-5-3-4-6-11(10)14)19-9(2)12(20)18-7-13(15,16)17/h3-6,8-9,19H,7H2,1-2H3,(H,18,20). The van der Waals surface area contributed by atoms with Crippen molar-refractivity contribution in [2.75, 3.05) is 6.54 Å². The summed E-state index contributed by atoms with van der Waals surface area (Å²) in [4.78, 5) is 11.5. The second kappa shape index (κ2) is 6.95. The van der Waals surface area contributed by atoms with E-state index in [9.17, 15) is 18.0 Å². The molecule has 2 N–H and O–H groups in total. The van der Waals surface area contributed by atoms with Crippen molar-refractivity contribution < 1.29 is 18.0 Å². The van der Waals surface area contributed by atoms with Gasteiger partial charge in [-0.25, -0.2) is 0 Å². The van der Waals surface area contributed by atoms with Crippen LogP contribution in [0.5, 0.6) is 0 Å². The molecule has 7 heteroatoms. The average Bonchev–Trinajstić information content (AvgIpc) is 2.35. The first kappa shape index (κ1) is 16.8. The van der Waals surface area contributed by atoms with E-state index in [1.807, 2.05) is 5.32 Å². The molecule has 0 saturated carbocycles. The maximum atomic E-state index is 12.0. The molecular formula is C13H16ClF3N2O. The summed E-state index contributed by atoms with van der Waals surface area (Å²) in [6.45, 7) is 1.95. The maximum absolute atomic E-state index is 12.0. The molecule has 112 valence electrons. The van der Waals surface area contributed by atoms with Gasteiger partial charge < -0.3 is 5.32 Å². The third-order valence-corrected chi connectivity index (χ3v) is 3.07. The first-order valence-corrected chi connectivity index (χ1v) is 6.43. The van der Waals surface area contributed by atoms with Crippen LogP contribution in [0.15, 0.2) is 24.3 Å². The second-order valence-corrected chi connectivity index (χ2v) is 4.87. The molecule has 1 aromatic carbocycles. The quantitative estimate of drug-likeness (QED) is 0.878. The third-order valence-electron chi connectivity index (χ3n) is 2.73. The van der Waals surface area contributed by atoms with E-state index in [0.29, 0.717) is 5.02 Å². The summed E-state index contributed by atoms with van der Waals surface area (Å²) >= 11 is 6.01. The van der Waals surface area contributed by atoms with Crippen molar-refractivity contribution in [3.63, 3.8) is 0 Å². The van der Waals surface area contributed by atoms with Crippen LogP contribution in [0.4, 0.5) is 13.2 Å². The van der Waals surface area contributed by atoms with E-state index in [1.165, 1.54) is 6.92 Å². The van der Waals surface area contributed by atoms with Crippen LogP contribution in [-0.4, -0.2) is 24.7 Å². The van der Waals surface area contributed by atoms with Crippen molar-refractivity contribution in [2.24, 2.45) is 0 Å². The summed E-state index contributed by atoms with van der Waals surface area (Å²) in [6, 6.07) is 6.06. The normalized spacial score (nSPS) is 14.7. The SMILES string of the molecule is CC(NC(C)c1ccccc1Cl)C(=O)NCC(F)(F)F. The molecule has 0 heterocycles. The molecule has 0 radical (unpaired) electrons. The molecule has 0 spiro atoms. The molecule has 0 aliphatic rings. The number of halogens is 4. The lowest BCUT2D eigenvalue weighted by Gasteiger charge is -2.21. The van der Waals surface area contributed by atoms with Crippen LogP contribution in [0.25, 0.3) is 0 Å². The number of carbonyl (C=O) groups excluding carboxylic acids is 1. The van der Waals surface area contributed by atoms with Crippen LogP contribution in [0.3, 0.4) is 0 Å². The molecule has 0 bridgehead atoms. The molecule has 0 saturated heterocycles. The number of carbonyl (C=O) groups is 1. The van der Waals surface area contributed by atoms with Gasteiger partial charge >= 0.3 is 6.18 Å². The van der Waals surface area contributed by atoms with E-state index >= 15 is 0 Å². The molecule has 0 fully saturated rings. The van der Waals surface area contributed by atoms with E-state index in [-0.39, 0.29) is 6.04 Å². The van der Waals surface area contributed by atoms with Gasteiger partial charge in [-0.3, -0.25) is 10.1 Å². The Morgan fingerprint density at radius 1 is 1.30 bits per heavy atom. The monoisotopic (exact) mass is 308 g/mol. The fourth-order valence-electron chi connectivity index (χ4n) is 1.71. The Morgan fingerprint density at radius 3 is 2.45 bits per heavy atom. The first-order valence-electron chi connectivity index (χ1n) is 6.05. The van der Waals surface area contributed by atoms with Gasteiger partial charge in [-0.2, -0.15) is 13.2 Å². The van der Waals surface area contributed by atoms with Gasteiger partial charge in [0.2, 0.25) is 5.91 Å². The van der Waals surface area contributed by atoms with Crippen LogP contribution < -0.4 is 10.6 Å². The highest BCUT2D eigenvalue weighted by atomic mass is 35.5. The summed E-state index contributed by atoms with van der Waals surface area (Å²) in [6.07, 6.45) is -4.41. The number of amides is 1. The lowest BCUT2D eigenvalue weighted by atomic mass is 10.1. The minimum absolute atomic E-state index is 0.254. The predicted molar refractivity (Wildman–Crippen MR) is 71.5 cm³/mol. The van der Waals surface area contributed by atoms with Gasteiger partial charge in [-0.15, -0.1) is 0 Å². The number of nitrogens with one attached hydrogen (secondary N) is 2. The zero-order chi connectivity index (χ0) is 15.3. The molecule has 0 aliphatic heterocycles. The topological polar surface area (TPSA) is 41.1 Å². The molecule has 0 aliphatic carbocycles. The summed E-state index contributed by atoms with van der Waals surface area (Å²) in [5.74, 6) is -0.707. The Balaban J connectivity index is 2.55. The van der Waals surface area contributed by atoms with Crippen LogP contribution in [0, 0.1) is 0 Å². The van der Waals surface area contributed by atoms with Crippen molar-refractivity contribution in [1.29, 1.82) is 0 Å². The highest BCUT2D eigenvalue weighted by molar-refractivity contribution is 6.31. The zero-order valence-corrected chi connectivity index (χ0v) is 11.8. The Hall–Kier alpha value is -1.27. The number of alkyl halides is 3. The van der Waals surface area contributed by atoms with Crippen LogP contribution in [0.1, 0.15) is 25.5 Å². The predicted octanol–water partition coefficient (Wildman–Crippen LogP) is 3.06. The third kappa shape index (κ3) is 5.38. The van der Waals surface area contributed by atoms with Gasteiger partial charge in [-0.05, 0) is 25.5 Å². The summed E-state index contributed by atoms with van der Waals surface area (Å²) < 4.78 is 36.0. The van der Waals surface area contributed by atoms with Crippen molar-refractivity contribution >= 4 is 17.5 Å². The fourth-order valence-corrected chi connectivity index (χ4v) is 2.01. The van der Waals surface area contributed by atoms with Crippen molar-refractivity contribution in [2.45, 2.75) is 32.1 Å². The fraction of sp³-hybridized carbons (Fsp3) is 0.462. The van der Waals surface area contributed by atoms with Gasteiger partial charge in [-0.1, -0.05) is 29.8 Å². The van der Waals surface area contributed by atoms with Crippen LogP contribution in [0.2, 0.25) is 5.02 Å². The smallest absolute Gasteiger partial charge is 0.346 e. The van der Waals surface area contributed by atoms with E-state index in [4.69, 9.17) is 11.6 Å². The molecule has 2 unspecified atom stereocenters. The van der Waals surface area contributed by atoms with Gasteiger partial charge in [0.15, 0.2) is 0 Å². The lowest BCUT2D eigenvalue weighted by Crippen LogP contribution is -2.45. The molecule has 20 heavy (non-hydrogen) atoms. The van der Waals surface area contributed by atoms with Crippen LogP contribution in [-0.2, 0) is 4.79 Å². The zero-order valence-electron chi connectivity index (χ0n) is 11.1. The van der Waals surface area contributed by atoms with Crippen molar-refractivity contribution in [3.05, 3.63) is 34.9 Å². The van der Waals surface area contributed by atoms with Gasteiger partial charge in [0.05, 0.1) is 6.04 Å². The number of hydrogen-bond donors (Lipinski definition) is 2. The molecular weight excluding hydrogens is 293 g/mol.